The lowest BCUT2D eigenvalue weighted by atomic mass is 9.90. The lowest BCUT2D eigenvalue weighted by Gasteiger charge is -2.32. The Bertz CT molecular complexity index is 924. The maximum atomic E-state index is 12.6. The molecule has 3 rings (SSSR count). The molecule has 1 aliphatic rings. The van der Waals surface area contributed by atoms with E-state index < -0.39 is 0 Å². The number of hydrogen-bond acceptors (Lipinski definition) is 5. The summed E-state index contributed by atoms with van der Waals surface area (Å²) in [5.74, 6) is 1.11. The highest BCUT2D eigenvalue weighted by Crippen LogP contribution is 2.24. The molecule has 142 valence electrons. The lowest BCUT2D eigenvalue weighted by molar-refractivity contribution is -0.410. The molecule has 0 unspecified atom stereocenters. The highest BCUT2D eigenvalue weighted by atomic mass is 32.2. The molecule has 0 atom stereocenters. The van der Waals surface area contributed by atoms with Crippen LogP contribution in [0.15, 0.2) is 41.4 Å². The van der Waals surface area contributed by atoms with E-state index in [4.69, 9.17) is 11.0 Å². The predicted molar refractivity (Wildman–Crippen MR) is 107 cm³/mol. The third-order valence-electron chi connectivity index (χ3n) is 4.99. The van der Waals surface area contributed by atoms with Gasteiger partial charge in [0.2, 0.25) is 5.91 Å². The molecule has 0 saturated carbocycles. The van der Waals surface area contributed by atoms with Gasteiger partial charge >= 0.3 is 0 Å². The minimum atomic E-state index is 0.0587. The molecular formula is C21H22N5OS+. The number of nitrogens with two attached hydrogens (primary N) is 1. The Kier molecular flexibility index (Phi) is 6.52. The van der Waals surface area contributed by atoms with Crippen LogP contribution in [0.4, 0.5) is 5.82 Å². The minimum Gasteiger partial charge on any atom is -0.342 e. The third-order valence-corrected chi connectivity index (χ3v) is 5.99. The van der Waals surface area contributed by atoms with E-state index in [0.29, 0.717) is 16.5 Å². The van der Waals surface area contributed by atoms with Gasteiger partial charge in [-0.1, -0.05) is 42.1 Å². The van der Waals surface area contributed by atoms with Crippen LogP contribution in [0.5, 0.6) is 0 Å². The first-order valence-corrected chi connectivity index (χ1v) is 10.2. The minimum absolute atomic E-state index is 0.0587. The molecule has 1 aromatic heterocycles. The molecule has 2 heterocycles. The third kappa shape index (κ3) is 4.82. The Balaban J connectivity index is 1.52. The van der Waals surface area contributed by atoms with Crippen LogP contribution in [0.25, 0.3) is 0 Å². The first-order chi connectivity index (χ1) is 13.6. The normalized spacial score (nSPS) is 14.3. The molecule has 1 aromatic carbocycles. The maximum Gasteiger partial charge on any atom is 0.289 e. The Hall–Kier alpha value is -3.03. The van der Waals surface area contributed by atoms with Crippen LogP contribution < -0.4 is 10.7 Å². The number of nitriles is 2. The fourth-order valence-corrected chi connectivity index (χ4v) is 4.29. The molecule has 1 amide bonds. The summed E-state index contributed by atoms with van der Waals surface area (Å²) in [7, 11) is 0. The second-order valence-electron chi connectivity index (χ2n) is 6.87. The number of H-pyrrole nitrogens is 1. The van der Waals surface area contributed by atoms with Crippen molar-refractivity contribution in [2.75, 3.05) is 24.6 Å². The van der Waals surface area contributed by atoms with Gasteiger partial charge in [-0.3, -0.25) is 10.5 Å². The smallest absolute Gasteiger partial charge is 0.289 e. The number of amides is 1. The molecule has 0 spiro atoms. The van der Waals surface area contributed by atoms with Crippen LogP contribution in [0.1, 0.15) is 29.5 Å². The average Bonchev–Trinajstić information content (AvgIpc) is 2.73. The van der Waals surface area contributed by atoms with Gasteiger partial charge in [-0.15, -0.1) is 0 Å². The number of aromatic amines is 1. The van der Waals surface area contributed by atoms with E-state index in [1.807, 2.05) is 23.1 Å². The lowest BCUT2D eigenvalue weighted by Crippen LogP contribution is -2.40. The standard InChI is InChI=1S/C21H21N5OS/c22-12-17-11-18(13-23)21(25-20(17)24)28-14-19(27)26-8-6-16(7-9-26)10-15-4-2-1-3-5-15/h1-5,11,16H,6-10,14H2,(H2,24,25)/p+1. The number of likely N-dealkylation sites (tertiary alicyclic amines) is 1. The van der Waals surface area contributed by atoms with Crippen LogP contribution in [0.3, 0.4) is 0 Å². The molecule has 0 aliphatic carbocycles. The predicted octanol–water partition coefficient (Wildman–Crippen LogP) is 2.40. The summed E-state index contributed by atoms with van der Waals surface area (Å²) >= 11 is 1.25. The molecule has 6 nitrogen and oxygen atoms in total. The van der Waals surface area contributed by atoms with Crippen LogP contribution in [-0.4, -0.2) is 29.6 Å². The number of benzene rings is 1. The number of thioether (sulfide) groups is 1. The number of aromatic nitrogens is 1. The van der Waals surface area contributed by atoms with Crippen LogP contribution in [0, 0.1) is 28.6 Å². The van der Waals surface area contributed by atoms with Crippen molar-refractivity contribution in [2.45, 2.75) is 24.3 Å². The summed E-state index contributed by atoms with van der Waals surface area (Å²) in [5.41, 5.74) is 7.69. The number of nitrogens with one attached hydrogen (secondary N) is 1. The van der Waals surface area contributed by atoms with Crippen LogP contribution in [0.2, 0.25) is 0 Å². The number of hydrogen-bond donors (Lipinski definition) is 1. The van der Waals surface area contributed by atoms with E-state index in [1.54, 1.807) is 0 Å². The van der Waals surface area contributed by atoms with Gasteiger partial charge in [-0.05, 0) is 36.8 Å². The van der Waals surface area contributed by atoms with Crippen molar-refractivity contribution < 1.29 is 9.78 Å². The summed E-state index contributed by atoms with van der Waals surface area (Å²) in [6.07, 6.45) is 3.07. The molecule has 0 radical (unpaired) electrons. The van der Waals surface area contributed by atoms with Crippen LogP contribution in [-0.2, 0) is 11.2 Å². The van der Waals surface area contributed by atoms with E-state index in [2.05, 4.69) is 29.2 Å². The van der Waals surface area contributed by atoms with Gasteiger partial charge in [0.05, 0.1) is 5.75 Å². The van der Waals surface area contributed by atoms with Gasteiger partial charge in [0.25, 0.3) is 5.82 Å². The molecule has 1 saturated heterocycles. The number of rotatable bonds is 5. The van der Waals surface area contributed by atoms with Gasteiger partial charge in [0.1, 0.15) is 23.3 Å². The van der Waals surface area contributed by atoms with Crippen LogP contribution >= 0.6 is 11.8 Å². The Morgan fingerprint density at radius 2 is 1.86 bits per heavy atom. The zero-order chi connectivity index (χ0) is 19.9. The molecule has 3 N–H and O–H groups in total. The first-order valence-electron chi connectivity index (χ1n) is 9.21. The average molecular weight is 393 g/mol. The van der Waals surface area contributed by atoms with Gasteiger partial charge < -0.3 is 4.90 Å². The summed E-state index contributed by atoms with van der Waals surface area (Å²) in [6, 6.07) is 15.9. The number of nitrogen functional groups attached to an aromatic ring is 1. The zero-order valence-electron chi connectivity index (χ0n) is 15.5. The molecule has 7 heteroatoms. The van der Waals surface area contributed by atoms with E-state index in [0.717, 1.165) is 32.4 Å². The number of carbonyl (C=O) groups excluding carboxylic acids is 1. The SMILES string of the molecule is N#Cc1cc(C#N)c(SCC(=O)N2CCC(Cc3ccccc3)CC2)[nH+]c1N. The summed E-state index contributed by atoms with van der Waals surface area (Å²) in [4.78, 5) is 17.3. The van der Waals surface area contributed by atoms with Crippen molar-refractivity contribution in [3.63, 3.8) is 0 Å². The van der Waals surface area contributed by atoms with Crippen molar-refractivity contribution in [3.8, 4) is 12.1 Å². The fraction of sp³-hybridized carbons (Fsp3) is 0.333. The second kappa shape index (κ2) is 9.25. The van der Waals surface area contributed by atoms with Gasteiger partial charge in [0, 0.05) is 13.1 Å². The monoisotopic (exact) mass is 392 g/mol. The van der Waals surface area contributed by atoms with E-state index in [1.165, 1.54) is 23.4 Å². The van der Waals surface area contributed by atoms with E-state index >= 15 is 0 Å². The topological polar surface area (TPSA) is 108 Å². The van der Waals surface area contributed by atoms with Crippen molar-refractivity contribution in [1.29, 1.82) is 10.5 Å². The van der Waals surface area contributed by atoms with Gasteiger partial charge in [0.15, 0.2) is 5.03 Å². The Labute approximate surface area is 169 Å². The highest BCUT2D eigenvalue weighted by molar-refractivity contribution is 7.99. The second-order valence-corrected chi connectivity index (χ2v) is 7.85. The maximum absolute atomic E-state index is 12.6. The number of piperidine rings is 1. The van der Waals surface area contributed by atoms with Crippen molar-refractivity contribution in [1.82, 2.24) is 4.90 Å². The van der Waals surface area contributed by atoms with E-state index in [-0.39, 0.29) is 23.0 Å². The van der Waals surface area contributed by atoms with Crippen molar-refractivity contribution >= 4 is 23.5 Å². The van der Waals surface area contributed by atoms with Crippen molar-refractivity contribution in [3.05, 3.63) is 53.1 Å². The van der Waals surface area contributed by atoms with Crippen molar-refractivity contribution in [2.24, 2.45) is 5.92 Å². The molecule has 1 fully saturated rings. The quantitative estimate of drug-likeness (QED) is 0.786. The largest absolute Gasteiger partial charge is 0.342 e. The fourth-order valence-electron chi connectivity index (χ4n) is 3.39. The van der Waals surface area contributed by atoms with E-state index in [9.17, 15) is 10.1 Å². The summed E-state index contributed by atoms with van der Waals surface area (Å²) < 4.78 is 0. The molecule has 1 aliphatic heterocycles. The number of nitrogens with zero attached hydrogens (tertiary/aromatic N) is 3. The van der Waals surface area contributed by atoms with Gasteiger partial charge in [-0.25, -0.2) is 4.98 Å². The number of pyridine rings is 1. The summed E-state index contributed by atoms with van der Waals surface area (Å²) in [5, 5.41) is 18.8. The first kappa shape index (κ1) is 19.7. The highest BCUT2D eigenvalue weighted by Gasteiger charge is 2.24. The Morgan fingerprint density at radius 3 is 2.50 bits per heavy atom. The number of anilines is 1. The van der Waals surface area contributed by atoms with Gasteiger partial charge in [-0.2, -0.15) is 10.5 Å². The molecule has 28 heavy (non-hydrogen) atoms. The molecular weight excluding hydrogens is 370 g/mol. The number of carbonyl (C=O) groups is 1. The molecule has 2 aromatic rings. The zero-order valence-corrected chi connectivity index (χ0v) is 16.3. The summed E-state index contributed by atoms with van der Waals surface area (Å²) in [6.45, 7) is 1.53. The Morgan fingerprint density at radius 1 is 1.18 bits per heavy atom. The molecule has 0 bridgehead atoms.